The summed E-state index contributed by atoms with van der Waals surface area (Å²) < 4.78 is 7.11. The second-order valence-electron chi connectivity index (χ2n) is 6.50. The van der Waals surface area contributed by atoms with Crippen molar-refractivity contribution in [3.63, 3.8) is 0 Å². The first-order valence-corrected chi connectivity index (χ1v) is 8.79. The molecular formula is C20H28N3O3+. The molecule has 0 saturated heterocycles. The van der Waals surface area contributed by atoms with E-state index < -0.39 is 0 Å². The standard InChI is InChI=1S/C20H27N3O3/c1-6-23(12-19(24)18-11-14(2)22(4)15(18)3)13-20(25)21-16-7-9-17(26-5)10-8-16/h7-11H,6,12-13H2,1-5H3,(H,21,25)/p+1. The van der Waals surface area contributed by atoms with Crippen LogP contribution in [0, 0.1) is 13.8 Å². The van der Waals surface area contributed by atoms with Crippen LogP contribution in [0.4, 0.5) is 5.69 Å². The van der Waals surface area contributed by atoms with Crippen molar-refractivity contribution in [1.82, 2.24) is 4.57 Å². The van der Waals surface area contributed by atoms with Gasteiger partial charge in [0.05, 0.1) is 13.7 Å². The summed E-state index contributed by atoms with van der Waals surface area (Å²) >= 11 is 0. The number of amides is 1. The summed E-state index contributed by atoms with van der Waals surface area (Å²) in [6.07, 6.45) is 0. The van der Waals surface area contributed by atoms with Crippen LogP contribution in [0.15, 0.2) is 30.3 Å². The number of ketones is 1. The number of ether oxygens (including phenoxy) is 1. The molecule has 0 fully saturated rings. The molecule has 0 aliphatic rings. The number of aryl methyl sites for hydroxylation is 1. The average molecular weight is 358 g/mol. The number of nitrogens with zero attached hydrogens (tertiary/aromatic N) is 1. The van der Waals surface area contributed by atoms with Crippen LogP contribution in [0.2, 0.25) is 0 Å². The Morgan fingerprint density at radius 2 is 1.81 bits per heavy atom. The number of nitrogens with one attached hydrogen (secondary N) is 2. The van der Waals surface area contributed by atoms with Crippen LogP contribution in [0.25, 0.3) is 0 Å². The lowest BCUT2D eigenvalue weighted by Crippen LogP contribution is -3.13. The molecule has 6 heteroatoms. The summed E-state index contributed by atoms with van der Waals surface area (Å²) in [4.78, 5) is 25.9. The van der Waals surface area contributed by atoms with Gasteiger partial charge in [0, 0.05) is 29.7 Å². The highest BCUT2D eigenvalue weighted by molar-refractivity contribution is 5.98. The second kappa shape index (κ2) is 8.67. The van der Waals surface area contributed by atoms with E-state index in [0.29, 0.717) is 18.8 Å². The smallest absolute Gasteiger partial charge is 0.279 e. The van der Waals surface area contributed by atoms with Crippen molar-refractivity contribution < 1.29 is 19.2 Å². The fraction of sp³-hybridized carbons (Fsp3) is 0.400. The number of anilines is 1. The zero-order valence-electron chi connectivity index (χ0n) is 16.2. The maximum atomic E-state index is 12.6. The van der Waals surface area contributed by atoms with E-state index in [-0.39, 0.29) is 18.2 Å². The Morgan fingerprint density at radius 3 is 2.31 bits per heavy atom. The maximum absolute atomic E-state index is 12.6. The molecule has 1 aromatic heterocycles. The van der Waals surface area contributed by atoms with E-state index in [1.807, 2.05) is 38.5 Å². The normalized spacial score (nSPS) is 11.9. The predicted octanol–water partition coefficient (Wildman–Crippen LogP) is 1.38. The molecule has 1 unspecified atom stereocenters. The predicted molar refractivity (Wildman–Crippen MR) is 102 cm³/mol. The molecule has 1 aromatic carbocycles. The van der Waals surface area contributed by atoms with E-state index in [0.717, 1.165) is 27.6 Å². The largest absolute Gasteiger partial charge is 0.497 e. The van der Waals surface area contributed by atoms with Gasteiger partial charge < -0.3 is 19.5 Å². The van der Waals surface area contributed by atoms with Crippen LogP contribution >= 0.6 is 0 Å². The van der Waals surface area contributed by atoms with Crippen molar-refractivity contribution in [2.75, 3.05) is 32.1 Å². The van der Waals surface area contributed by atoms with E-state index in [1.165, 1.54) is 0 Å². The molecule has 1 atom stereocenters. The van der Waals surface area contributed by atoms with Gasteiger partial charge in [-0.05, 0) is 51.1 Å². The van der Waals surface area contributed by atoms with Gasteiger partial charge in [0.15, 0.2) is 6.54 Å². The Labute approximate surface area is 154 Å². The summed E-state index contributed by atoms with van der Waals surface area (Å²) in [5.74, 6) is 0.698. The zero-order valence-corrected chi connectivity index (χ0v) is 16.2. The monoisotopic (exact) mass is 358 g/mol. The molecule has 0 bridgehead atoms. The summed E-state index contributed by atoms with van der Waals surface area (Å²) in [5, 5.41) is 2.86. The number of aromatic nitrogens is 1. The highest BCUT2D eigenvalue weighted by Gasteiger charge is 2.21. The molecule has 0 saturated carbocycles. The van der Waals surface area contributed by atoms with Crippen molar-refractivity contribution in [2.24, 2.45) is 7.05 Å². The number of rotatable bonds is 8. The van der Waals surface area contributed by atoms with Gasteiger partial charge in [0.2, 0.25) is 5.78 Å². The maximum Gasteiger partial charge on any atom is 0.279 e. The zero-order chi connectivity index (χ0) is 19.3. The van der Waals surface area contributed by atoms with Gasteiger partial charge in [0.25, 0.3) is 5.91 Å². The van der Waals surface area contributed by atoms with Gasteiger partial charge in [-0.1, -0.05) is 0 Å². The van der Waals surface area contributed by atoms with E-state index in [1.54, 1.807) is 31.4 Å². The van der Waals surface area contributed by atoms with Crippen molar-refractivity contribution in [3.05, 3.63) is 47.3 Å². The number of hydrogen-bond acceptors (Lipinski definition) is 3. The van der Waals surface area contributed by atoms with E-state index in [4.69, 9.17) is 4.74 Å². The molecule has 2 rings (SSSR count). The van der Waals surface area contributed by atoms with Crippen LogP contribution in [-0.2, 0) is 11.8 Å². The number of methoxy groups -OCH3 is 1. The third-order valence-corrected chi connectivity index (χ3v) is 4.77. The number of carbonyl (C=O) groups excluding carboxylic acids is 2. The minimum atomic E-state index is -0.110. The van der Waals surface area contributed by atoms with Crippen molar-refractivity contribution in [1.29, 1.82) is 0 Å². The molecule has 0 aliphatic heterocycles. The summed E-state index contributed by atoms with van der Waals surface area (Å²) in [7, 11) is 3.55. The van der Waals surface area contributed by atoms with Crippen molar-refractivity contribution in [3.8, 4) is 5.75 Å². The molecule has 2 N–H and O–H groups in total. The first-order chi connectivity index (χ1) is 12.3. The lowest BCUT2D eigenvalue weighted by Gasteiger charge is -2.16. The van der Waals surface area contributed by atoms with E-state index in [9.17, 15) is 9.59 Å². The van der Waals surface area contributed by atoms with E-state index >= 15 is 0 Å². The molecule has 6 nitrogen and oxygen atoms in total. The lowest BCUT2D eigenvalue weighted by molar-refractivity contribution is -0.881. The minimum absolute atomic E-state index is 0.0697. The molecule has 0 spiro atoms. The third-order valence-electron chi connectivity index (χ3n) is 4.77. The van der Waals surface area contributed by atoms with Gasteiger partial charge in [0.1, 0.15) is 12.3 Å². The number of benzene rings is 1. The Morgan fingerprint density at radius 1 is 1.15 bits per heavy atom. The van der Waals surface area contributed by atoms with E-state index in [2.05, 4.69) is 5.32 Å². The Balaban J connectivity index is 1.96. The highest BCUT2D eigenvalue weighted by Crippen LogP contribution is 2.15. The molecule has 1 amide bonds. The number of quaternary nitrogens is 1. The second-order valence-corrected chi connectivity index (χ2v) is 6.50. The first-order valence-electron chi connectivity index (χ1n) is 8.79. The molecule has 1 heterocycles. The summed E-state index contributed by atoms with van der Waals surface area (Å²) in [6.45, 7) is 7.16. The fourth-order valence-electron chi connectivity index (χ4n) is 2.88. The van der Waals surface area contributed by atoms with Crippen LogP contribution in [-0.4, -0.2) is 43.0 Å². The average Bonchev–Trinajstić information content (AvgIpc) is 2.89. The Bertz CT molecular complexity index is 778. The SMILES string of the molecule is CC[NH+](CC(=O)Nc1ccc(OC)cc1)CC(=O)c1cc(C)n(C)c1C. The molecular weight excluding hydrogens is 330 g/mol. The Kier molecular flexibility index (Phi) is 6.58. The summed E-state index contributed by atoms with van der Waals surface area (Å²) in [6, 6.07) is 9.10. The number of carbonyl (C=O) groups is 2. The third kappa shape index (κ3) is 4.73. The lowest BCUT2D eigenvalue weighted by atomic mass is 10.1. The van der Waals surface area contributed by atoms with Crippen molar-refractivity contribution in [2.45, 2.75) is 20.8 Å². The quantitative estimate of drug-likeness (QED) is 0.701. The van der Waals surface area contributed by atoms with Crippen molar-refractivity contribution >= 4 is 17.4 Å². The van der Waals surface area contributed by atoms with Gasteiger partial charge >= 0.3 is 0 Å². The first kappa shape index (κ1) is 19.7. The molecule has 2 aromatic rings. The van der Waals surface area contributed by atoms with Gasteiger partial charge in [-0.2, -0.15) is 0 Å². The highest BCUT2D eigenvalue weighted by atomic mass is 16.5. The van der Waals surface area contributed by atoms with Gasteiger partial charge in [-0.15, -0.1) is 0 Å². The van der Waals surface area contributed by atoms with Crippen LogP contribution < -0.4 is 15.0 Å². The number of likely N-dealkylation sites (N-methyl/N-ethyl adjacent to an activating group) is 1. The molecule has 0 aliphatic carbocycles. The fourth-order valence-corrected chi connectivity index (χ4v) is 2.88. The molecule has 140 valence electrons. The summed E-state index contributed by atoms with van der Waals surface area (Å²) in [5.41, 5.74) is 3.48. The van der Waals surface area contributed by atoms with Crippen LogP contribution in [0.1, 0.15) is 28.7 Å². The Hall–Kier alpha value is -2.60. The molecule has 0 radical (unpaired) electrons. The topological polar surface area (TPSA) is 64.8 Å². The van der Waals surface area contributed by atoms with Crippen LogP contribution in [0.3, 0.4) is 0 Å². The van der Waals surface area contributed by atoms with Crippen LogP contribution in [0.5, 0.6) is 5.75 Å². The minimum Gasteiger partial charge on any atom is -0.497 e. The number of hydrogen-bond donors (Lipinski definition) is 2. The molecule has 26 heavy (non-hydrogen) atoms. The van der Waals surface area contributed by atoms with Gasteiger partial charge in [-0.25, -0.2) is 0 Å². The van der Waals surface area contributed by atoms with Gasteiger partial charge in [-0.3, -0.25) is 9.59 Å². The number of Topliss-reactive ketones (excluding diaryl/α,β-unsaturated/α-hetero) is 1.